The number of nitrogens with zero attached hydrogens (tertiary/aromatic N) is 4. The fourth-order valence-electron chi connectivity index (χ4n) is 3.26. The Bertz CT molecular complexity index is 1470. The first-order valence-corrected chi connectivity index (χ1v) is 10.9. The summed E-state index contributed by atoms with van der Waals surface area (Å²) in [5.41, 5.74) is 4.15. The number of thioether (sulfide) groups is 1. The number of hydrogen-bond acceptors (Lipinski definition) is 6. The van der Waals surface area contributed by atoms with Crippen molar-refractivity contribution in [3.8, 4) is 22.7 Å². The largest absolute Gasteiger partial charge is 0.441 e. The van der Waals surface area contributed by atoms with Crippen molar-refractivity contribution in [1.29, 1.82) is 0 Å². The highest BCUT2D eigenvalue weighted by Crippen LogP contribution is 2.28. The quantitative estimate of drug-likeness (QED) is 0.390. The van der Waals surface area contributed by atoms with E-state index in [1.807, 2.05) is 38.1 Å². The summed E-state index contributed by atoms with van der Waals surface area (Å²) in [7, 11) is 0. The molecule has 0 saturated heterocycles. The van der Waals surface area contributed by atoms with E-state index in [9.17, 15) is 9.18 Å². The molecule has 0 radical (unpaired) electrons. The fraction of sp³-hybridized carbons (Fsp3) is 0.130. The van der Waals surface area contributed by atoms with Crippen molar-refractivity contribution in [3.05, 3.63) is 87.8 Å². The molecule has 0 unspecified atom stereocenters. The predicted octanol–water partition coefficient (Wildman–Crippen LogP) is 4.79. The summed E-state index contributed by atoms with van der Waals surface area (Å²) >= 11 is 1.38. The van der Waals surface area contributed by atoms with Crippen LogP contribution < -0.4 is 5.56 Å². The number of aromatic amines is 1. The number of aromatic nitrogens is 5. The van der Waals surface area contributed by atoms with Crippen LogP contribution in [0, 0.1) is 19.7 Å². The molecule has 0 amide bonds. The van der Waals surface area contributed by atoms with Crippen LogP contribution in [-0.2, 0) is 5.75 Å². The van der Waals surface area contributed by atoms with Gasteiger partial charge in [0.15, 0.2) is 0 Å². The van der Waals surface area contributed by atoms with Crippen molar-refractivity contribution in [3.63, 3.8) is 0 Å². The van der Waals surface area contributed by atoms with Gasteiger partial charge in [-0.15, -0.1) is 5.10 Å². The minimum absolute atomic E-state index is 0.332. The minimum Gasteiger partial charge on any atom is -0.441 e. The van der Waals surface area contributed by atoms with E-state index in [1.165, 1.54) is 34.0 Å². The second kappa shape index (κ2) is 8.08. The number of nitrogens with one attached hydrogen (secondary N) is 1. The second-order valence-electron chi connectivity index (χ2n) is 7.35. The van der Waals surface area contributed by atoms with E-state index in [0.717, 1.165) is 17.0 Å². The zero-order chi connectivity index (χ0) is 22.2. The summed E-state index contributed by atoms with van der Waals surface area (Å²) in [4.78, 5) is 16.9. The third kappa shape index (κ3) is 3.82. The van der Waals surface area contributed by atoms with Gasteiger partial charge in [0.05, 0.1) is 11.4 Å². The average molecular weight is 447 g/mol. The van der Waals surface area contributed by atoms with Crippen LogP contribution in [0.5, 0.6) is 0 Å². The molecule has 32 heavy (non-hydrogen) atoms. The summed E-state index contributed by atoms with van der Waals surface area (Å²) in [5, 5.41) is 11.7. The summed E-state index contributed by atoms with van der Waals surface area (Å²) in [6, 6.07) is 15.6. The Morgan fingerprint density at radius 3 is 2.53 bits per heavy atom. The Morgan fingerprint density at radius 1 is 1.06 bits per heavy atom. The Kier molecular flexibility index (Phi) is 5.10. The maximum Gasteiger partial charge on any atom is 0.290 e. The van der Waals surface area contributed by atoms with Crippen LogP contribution in [0.15, 0.2) is 69.0 Å². The van der Waals surface area contributed by atoms with E-state index in [0.29, 0.717) is 33.6 Å². The molecule has 2 aromatic carbocycles. The Balaban J connectivity index is 1.43. The molecule has 3 heterocycles. The van der Waals surface area contributed by atoms with Gasteiger partial charge in [0.1, 0.15) is 17.1 Å². The van der Waals surface area contributed by atoms with Crippen LogP contribution >= 0.6 is 11.8 Å². The van der Waals surface area contributed by atoms with E-state index in [1.54, 1.807) is 18.2 Å². The summed E-state index contributed by atoms with van der Waals surface area (Å²) in [6.07, 6.45) is 0. The summed E-state index contributed by atoms with van der Waals surface area (Å²) < 4.78 is 20.6. The molecule has 5 rings (SSSR count). The van der Waals surface area contributed by atoms with Gasteiger partial charge in [-0.05, 0) is 56.3 Å². The minimum atomic E-state index is -0.352. The third-order valence-electron chi connectivity index (χ3n) is 5.05. The van der Waals surface area contributed by atoms with Crippen LogP contribution in [0.1, 0.15) is 17.0 Å². The first-order valence-electron chi connectivity index (χ1n) is 9.88. The van der Waals surface area contributed by atoms with Gasteiger partial charge in [-0.1, -0.05) is 29.5 Å². The molecule has 0 fully saturated rings. The molecule has 5 aromatic rings. The zero-order valence-corrected chi connectivity index (χ0v) is 18.1. The van der Waals surface area contributed by atoms with Gasteiger partial charge in [-0.2, -0.15) is 5.10 Å². The second-order valence-corrected chi connectivity index (χ2v) is 8.29. The number of hydrogen-bond donors (Lipinski definition) is 1. The number of fused-ring (bicyclic) bond motifs is 1. The van der Waals surface area contributed by atoms with Crippen LogP contribution in [0.25, 0.3) is 28.2 Å². The van der Waals surface area contributed by atoms with Crippen molar-refractivity contribution in [2.45, 2.75) is 24.8 Å². The van der Waals surface area contributed by atoms with Crippen molar-refractivity contribution in [1.82, 2.24) is 24.8 Å². The predicted molar refractivity (Wildman–Crippen MR) is 120 cm³/mol. The number of H-pyrrole nitrogens is 1. The topological polar surface area (TPSA) is 89.1 Å². The molecule has 160 valence electrons. The SMILES string of the molecule is Cc1ccc(-c2nc(CSc3n[nH]c(=O)c4cc(-c5ccc(F)cc5)nn34)c(C)o2)cc1. The number of oxazole rings is 1. The average Bonchev–Trinajstić information content (AvgIpc) is 3.39. The standard InChI is InChI=1S/C23H18FN5O2S/c1-13-3-5-16(6-4-13)22-25-19(14(2)31-22)12-32-23-27-26-21(30)20-11-18(28-29(20)23)15-7-9-17(24)10-8-15/h3-11H,12H2,1-2H3,(H,26,30). The summed E-state index contributed by atoms with van der Waals surface area (Å²) in [5.74, 6) is 1.44. The highest BCUT2D eigenvalue weighted by molar-refractivity contribution is 7.98. The molecule has 3 aromatic heterocycles. The van der Waals surface area contributed by atoms with Gasteiger partial charge < -0.3 is 4.42 Å². The Labute approximate surface area is 186 Å². The molecular weight excluding hydrogens is 429 g/mol. The third-order valence-corrected chi connectivity index (χ3v) is 5.99. The van der Waals surface area contributed by atoms with Crippen LogP contribution in [0.3, 0.4) is 0 Å². The van der Waals surface area contributed by atoms with E-state index < -0.39 is 0 Å². The number of benzene rings is 2. The molecule has 0 aliphatic rings. The van der Waals surface area contributed by atoms with Crippen LogP contribution in [0.2, 0.25) is 0 Å². The maximum absolute atomic E-state index is 13.2. The highest BCUT2D eigenvalue weighted by Gasteiger charge is 2.16. The van der Waals surface area contributed by atoms with Crippen LogP contribution in [-0.4, -0.2) is 24.8 Å². The van der Waals surface area contributed by atoms with E-state index in [2.05, 4.69) is 20.3 Å². The smallest absolute Gasteiger partial charge is 0.290 e. The van der Waals surface area contributed by atoms with Gasteiger partial charge in [-0.3, -0.25) is 4.79 Å². The number of aryl methyl sites for hydroxylation is 2. The fourth-order valence-corrected chi connectivity index (χ4v) is 4.17. The van der Waals surface area contributed by atoms with Gasteiger partial charge in [0.25, 0.3) is 5.56 Å². The molecule has 0 saturated carbocycles. The first kappa shape index (κ1) is 20.2. The van der Waals surface area contributed by atoms with Crippen molar-refractivity contribution >= 4 is 17.3 Å². The highest BCUT2D eigenvalue weighted by atomic mass is 32.2. The molecule has 0 spiro atoms. The lowest BCUT2D eigenvalue weighted by molar-refractivity contribution is 0.540. The van der Waals surface area contributed by atoms with Gasteiger partial charge in [-0.25, -0.2) is 19.0 Å². The zero-order valence-electron chi connectivity index (χ0n) is 17.3. The van der Waals surface area contributed by atoms with Gasteiger partial charge in [0.2, 0.25) is 11.0 Å². The molecule has 0 atom stereocenters. The normalized spacial score (nSPS) is 11.3. The molecular formula is C23H18FN5O2S. The summed E-state index contributed by atoms with van der Waals surface area (Å²) in [6.45, 7) is 3.90. The lowest BCUT2D eigenvalue weighted by Gasteiger charge is -2.01. The molecule has 1 N–H and O–H groups in total. The van der Waals surface area contributed by atoms with E-state index >= 15 is 0 Å². The van der Waals surface area contributed by atoms with Crippen LogP contribution in [0.4, 0.5) is 4.39 Å². The molecule has 9 heteroatoms. The first-order chi connectivity index (χ1) is 15.5. The monoisotopic (exact) mass is 447 g/mol. The maximum atomic E-state index is 13.2. The lowest BCUT2D eigenvalue weighted by Crippen LogP contribution is -2.13. The number of halogens is 1. The lowest BCUT2D eigenvalue weighted by atomic mass is 10.1. The Morgan fingerprint density at radius 2 is 1.78 bits per heavy atom. The van der Waals surface area contributed by atoms with Crippen molar-refractivity contribution in [2.75, 3.05) is 0 Å². The number of rotatable bonds is 5. The van der Waals surface area contributed by atoms with Gasteiger partial charge >= 0.3 is 0 Å². The van der Waals surface area contributed by atoms with E-state index in [-0.39, 0.29) is 11.4 Å². The molecule has 0 aliphatic heterocycles. The van der Waals surface area contributed by atoms with Gasteiger partial charge in [0, 0.05) is 16.9 Å². The van der Waals surface area contributed by atoms with Crippen molar-refractivity contribution < 1.29 is 8.81 Å². The molecule has 7 nitrogen and oxygen atoms in total. The van der Waals surface area contributed by atoms with E-state index in [4.69, 9.17) is 4.42 Å². The molecule has 0 aliphatic carbocycles. The Hall–Kier alpha value is -3.72. The van der Waals surface area contributed by atoms with Crippen molar-refractivity contribution in [2.24, 2.45) is 0 Å². The molecule has 0 bridgehead atoms.